The number of allylic oxidation sites excluding steroid dienone is 2. The number of aromatic nitrogens is 1. The summed E-state index contributed by atoms with van der Waals surface area (Å²) < 4.78 is 2.40. The molecule has 4 aromatic carbocycles. The van der Waals surface area contributed by atoms with Gasteiger partial charge < -0.3 is 4.57 Å². The van der Waals surface area contributed by atoms with Crippen LogP contribution in [0.2, 0.25) is 0 Å². The molecule has 0 fully saturated rings. The molecule has 0 atom stereocenters. The molecule has 1 heteroatoms. The minimum Gasteiger partial charge on any atom is -0.309 e. The van der Waals surface area contributed by atoms with Crippen molar-refractivity contribution in [1.29, 1.82) is 0 Å². The lowest BCUT2D eigenvalue weighted by Crippen LogP contribution is -1.95. The van der Waals surface area contributed by atoms with E-state index in [1.54, 1.807) is 0 Å². The van der Waals surface area contributed by atoms with Gasteiger partial charge in [0.1, 0.15) is 0 Å². The molecule has 0 aliphatic carbocycles. The summed E-state index contributed by atoms with van der Waals surface area (Å²) in [4.78, 5) is 0. The van der Waals surface area contributed by atoms with E-state index in [1.165, 1.54) is 44.2 Å². The van der Waals surface area contributed by atoms with Gasteiger partial charge in [-0.15, -0.1) is 0 Å². The Morgan fingerprint density at radius 2 is 1.23 bits per heavy atom. The van der Waals surface area contributed by atoms with Crippen molar-refractivity contribution in [3.05, 3.63) is 115 Å². The van der Waals surface area contributed by atoms with Crippen LogP contribution in [0.25, 0.3) is 38.6 Å². The van der Waals surface area contributed by atoms with E-state index < -0.39 is 0 Å². The Morgan fingerprint density at radius 3 is 2.00 bits per heavy atom. The van der Waals surface area contributed by atoms with Crippen molar-refractivity contribution in [2.24, 2.45) is 0 Å². The van der Waals surface area contributed by atoms with Gasteiger partial charge in [0.2, 0.25) is 0 Å². The average molecular weight is 390 g/mol. The average Bonchev–Trinajstić information content (AvgIpc) is 3.16. The Balaban J connectivity index is 0.000000503. The summed E-state index contributed by atoms with van der Waals surface area (Å²) in [6.45, 7) is 6.19. The predicted molar refractivity (Wildman–Crippen MR) is 131 cm³/mol. The number of para-hydroxylation sites is 2. The van der Waals surface area contributed by atoms with E-state index in [-0.39, 0.29) is 0 Å². The van der Waals surface area contributed by atoms with E-state index in [1.807, 2.05) is 26.0 Å². The standard InChI is InChI=1S/C25H19N.C4H8/c1-18-9-7-15-23-22-14-5-6-16-24(22)26(25(18)23)21-13-8-12-20(17-21)19-10-3-2-4-11-19;1-3-4-2/h2-17H,1H3;3-4H,1-2H3/b;4-3-. The van der Waals surface area contributed by atoms with Gasteiger partial charge in [-0.05, 0) is 55.7 Å². The first-order valence-corrected chi connectivity index (χ1v) is 10.5. The van der Waals surface area contributed by atoms with Gasteiger partial charge in [0, 0.05) is 16.5 Å². The maximum Gasteiger partial charge on any atom is 0.0570 e. The van der Waals surface area contributed by atoms with Crippen molar-refractivity contribution in [3.63, 3.8) is 0 Å². The molecule has 30 heavy (non-hydrogen) atoms. The van der Waals surface area contributed by atoms with Gasteiger partial charge in [-0.3, -0.25) is 0 Å². The lowest BCUT2D eigenvalue weighted by molar-refractivity contribution is 1.17. The summed E-state index contributed by atoms with van der Waals surface area (Å²) in [5, 5.41) is 2.61. The summed E-state index contributed by atoms with van der Waals surface area (Å²) in [6.07, 6.45) is 4.00. The molecular formula is C29H27N. The summed E-state index contributed by atoms with van der Waals surface area (Å²) in [5.74, 6) is 0. The molecule has 0 bridgehead atoms. The Hall–Kier alpha value is -3.58. The fourth-order valence-corrected chi connectivity index (χ4v) is 3.91. The van der Waals surface area contributed by atoms with E-state index in [0.29, 0.717) is 0 Å². The van der Waals surface area contributed by atoms with Gasteiger partial charge in [-0.2, -0.15) is 0 Å². The quantitative estimate of drug-likeness (QED) is 0.267. The van der Waals surface area contributed by atoms with Crippen molar-refractivity contribution < 1.29 is 0 Å². The highest BCUT2D eigenvalue weighted by Gasteiger charge is 2.13. The summed E-state index contributed by atoms with van der Waals surface area (Å²) in [5.41, 5.74) is 7.52. The molecule has 0 N–H and O–H groups in total. The SMILES string of the molecule is C/C=C\C.Cc1cccc2c3ccccc3n(-c3cccc(-c4ccccc4)c3)c12. The van der Waals surface area contributed by atoms with Gasteiger partial charge in [-0.1, -0.05) is 91.0 Å². The Morgan fingerprint density at radius 1 is 0.600 bits per heavy atom. The number of benzene rings is 4. The number of hydrogen-bond donors (Lipinski definition) is 0. The molecule has 1 aromatic heterocycles. The van der Waals surface area contributed by atoms with Crippen LogP contribution >= 0.6 is 0 Å². The summed E-state index contributed by atoms with van der Waals surface area (Å²) >= 11 is 0. The number of hydrogen-bond acceptors (Lipinski definition) is 0. The van der Waals surface area contributed by atoms with Crippen LogP contribution in [0.15, 0.2) is 109 Å². The van der Waals surface area contributed by atoms with Crippen molar-refractivity contribution >= 4 is 21.8 Å². The topological polar surface area (TPSA) is 4.93 Å². The third-order valence-electron chi connectivity index (χ3n) is 5.44. The number of fused-ring (bicyclic) bond motifs is 3. The smallest absolute Gasteiger partial charge is 0.0570 e. The second-order valence-electron chi connectivity index (χ2n) is 7.41. The van der Waals surface area contributed by atoms with Crippen LogP contribution in [-0.4, -0.2) is 4.57 Å². The fraction of sp³-hybridized carbons (Fsp3) is 0.103. The summed E-state index contributed by atoms with van der Waals surface area (Å²) in [7, 11) is 0. The molecule has 148 valence electrons. The van der Waals surface area contributed by atoms with E-state index in [2.05, 4.69) is 109 Å². The molecule has 0 unspecified atom stereocenters. The first-order chi connectivity index (χ1) is 14.7. The molecule has 0 spiro atoms. The van der Waals surface area contributed by atoms with Crippen molar-refractivity contribution in [3.8, 4) is 16.8 Å². The molecule has 0 amide bonds. The van der Waals surface area contributed by atoms with Gasteiger partial charge in [0.25, 0.3) is 0 Å². The zero-order chi connectivity index (χ0) is 20.9. The maximum absolute atomic E-state index is 2.40. The van der Waals surface area contributed by atoms with E-state index in [9.17, 15) is 0 Å². The Labute approximate surface area is 178 Å². The highest BCUT2D eigenvalue weighted by atomic mass is 15.0. The van der Waals surface area contributed by atoms with Crippen LogP contribution in [-0.2, 0) is 0 Å². The normalized spacial score (nSPS) is 11.0. The zero-order valence-electron chi connectivity index (χ0n) is 17.8. The minimum atomic E-state index is 1.20. The molecule has 1 heterocycles. The molecule has 5 rings (SSSR count). The number of nitrogens with zero attached hydrogens (tertiary/aromatic N) is 1. The van der Waals surface area contributed by atoms with Gasteiger partial charge in [0.05, 0.1) is 11.0 Å². The molecular weight excluding hydrogens is 362 g/mol. The van der Waals surface area contributed by atoms with Crippen LogP contribution in [0.5, 0.6) is 0 Å². The Kier molecular flexibility index (Phi) is 5.81. The van der Waals surface area contributed by atoms with Gasteiger partial charge in [-0.25, -0.2) is 0 Å². The Bertz CT molecular complexity index is 1300. The van der Waals surface area contributed by atoms with Crippen molar-refractivity contribution in [2.75, 3.05) is 0 Å². The van der Waals surface area contributed by atoms with Crippen molar-refractivity contribution in [2.45, 2.75) is 20.8 Å². The predicted octanol–water partition coefficient (Wildman–Crippen LogP) is 8.34. The second-order valence-corrected chi connectivity index (χ2v) is 7.41. The number of rotatable bonds is 2. The first kappa shape index (κ1) is 19.7. The highest BCUT2D eigenvalue weighted by molar-refractivity contribution is 6.10. The molecule has 5 aromatic rings. The molecule has 0 aliphatic heterocycles. The lowest BCUT2D eigenvalue weighted by atomic mass is 10.1. The largest absolute Gasteiger partial charge is 0.309 e. The third-order valence-corrected chi connectivity index (χ3v) is 5.44. The molecule has 0 aliphatic rings. The number of aryl methyl sites for hydroxylation is 1. The zero-order valence-corrected chi connectivity index (χ0v) is 17.8. The van der Waals surface area contributed by atoms with Gasteiger partial charge in [0.15, 0.2) is 0 Å². The molecule has 0 saturated heterocycles. The monoisotopic (exact) mass is 389 g/mol. The molecule has 1 nitrogen and oxygen atoms in total. The second kappa shape index (κ2) is 8.84. The highest BCUT2D eigenvalue weighted by Crippen LogP contribution is 2.34. The fourth-order valence-electron chi connectivity index (χ4n) is 3.91. The van der Waals surface area contributed by atoms with Crippen LogP contribution in [0.1, 0.15) is 19.4 Å². The van der Waals surface area contributed by atoms with Crippen LogP contribution < -0.4 is 0 Å². The first-order valence-electron chi connectivity index (χ1n) is 10.5. The minimum absolute atomic E-state index is 1.20. The molecule has 0 saturated carbocycles. The van der Waals surface area contributed by atoms with Crippen LogP contribution in [0, 0.1) is 6.92 Å². The van der Waals surface area contributed by atoms with E-state index in [4.69, 9.17) is 0 Å². The molecule has 0 radical (unpaired) electrons. The lowest BCUT2D eigenvalue weighted by Gasteiger charge is -2.11. The van der Waals surface area contributed by atoms with Gasteiger partial charge >= 0.3 is 0 Å². The third kappa shape index (κ3) is 3.67. The van der Waals surface area contributed by atoms with Crippen LogP contribution in [0.3, 0.4) is 0 Å². The summed E-state index contributed by atoms with van der Waals surface area (Å²) in [6, 6.07) is 34.6. The van der Waals surface area contributed by atoms with Crippen molar-refractivity contribution in [1.82, 2.24) is 4.57 Å². The van der Waals surface area contributed by atoms with E-state index in [0.717, 1.165) is 0 Å². The van der Waals surface area contributed by atoms with Crippen LogP contribution in [0.4, 0.5) is 0 Å². The maximum atomic E-state index is 2.40. The van der Waals surface area contributed by atoms with E-state index >= 15 is 0 Å².